The minimum absolute atomic E-state index is 0.0864. The number of hydrogen-bond donors (Lipinski definition) is 4. The van der Waals surface area contributed by atoms with E-state index in [-0.39, 0.29) is 40.2 Å². The molecule has 232 valence electrons. The standard InChI is InChI=1S/C25H21N9O8S3/c35-12-26-24-27-15(11-44-24)17(30-42-14-5-2-1-3-6-14)20(38)28-18-21(39)34-19(23(40)41)13(9-43-22(18)34)10-45-25-29-31-32-33(25)8-4-7-16(36)37/h1-6,8,11-12,18,22H,7,9-10H2,(H,28,38)(H,36,37)(H,40,41)(H,26,27,35)/t18?,22-/m1/s1. The van der Waals surface area contributed by atoms with Gasteiger partial charge in [-0.3, -0.25) is 24.1 Å². The number of carbonyl (C=O) groups is 5. The van der Waals surface area contributed by atoms with Crippen LogP contribution in [0.1, 0.15) is 12.1 Å². The molecule has 17 nitrogen and oxygen atoms in total. The minimum atomic E-state index is -1.31. The average Bonchev–Trinajstić information content (AvgIpc) is 3.68. The molecule has 1 fully saturated rings. The molecule has 1 saturated heterocycles. The van der Waals surface area contributed by atoms with E-state index in [9.17, 15) is 29.1 Å². The van der Waals surface area contributed by atoms with Crippen molar-refractivity contribution in [3.8, 4) is 5.75 Å². The maximum Gasteiger partial charge on any atom is 0.352 e. The molecule has 4 N–H and O–H groups in total. The van der Waals surface area contributed by atoms with Crippen LogP contribution in [0.5, 0.6) is 5.75 Å². The molecule has 1 aromatic carbocycles. The van der Waals surface area contributed by atoms with E-state index in [1.807, 2.05) is 0 Å². The highest BCUT2D eigenvalue weighted by molar-refractivity contribution is 8.01. The Morgan fingerprint density at radius 2 is 2.02 bits per heavy atom. The van der Waals surface area contributed by atoms with Crippen LogP contribution in [0, 0.1) is 0 Å². The Kier molecular flexibility index (Phi) is 9.85. The molecule has 3 amide bonds. The van der Waals surface area contributed by atoms with E-state index in [1.54, 1.807) is 30.3 Å². The number of aliphatic carboxylic acids is 2. The summed E-state index contributed by atoms with van der Waals surface area (Å²) in [6, 6.07) is 7.38. The molecule has 0 spiro atoms. The summed E-state index contributed by atoms with van der Waals surface area (Å²) in [7, 11) is 0. The van der Waals surface area contributed by atoms with Gasteiger partial charge in [-0.1, -0.05) is 41.2 Å². The van der Waals surface area contributed by atoms with E-state index in [0.717, 1.165) is 28.0 Å². The third-order valence-electron chi connectivity index (χ3n) is 6.04. The molecule has 2 aliphatic heterocycles. The number of hydrogen-bond acceptors (Lipinski definition) is 14. The zero-order valence-electron chi connectivity index (χ0n) is 22.7. The van der Waals surface area contributed by atoms with Gasteiger partial charge in [0.1, 0.15) is 22.8 Å². The lowest BCUT2D eigenvalue weighted by molar-refractivity contribution is -0.150. The van der Waals surface area contributed by atoms with Crippen molar-refractivity contribution in [1.82, 2.24) is 35.4 Å². The number of rotatable bonds is 14. The fourth-order valence-corrected chi connectivity index (χ4v) is 7.06. The third-order valence-corrected chi connectivity index (χ3v) is 9.18. The number of nitrogens with one attached hydrogen (secondary N) is 2. The van der Waals surface area contributed by atoms with E-state index >= 15 is 0 Å². The van der Waals surface area contributed by atoms with Crippen LogP contribution in [0.2, 0.25) is 0 Å². The average molecular weight is 672 g/mol. The number of fused-ring (bicyclic) bond motifs is 1. The highest BCUT2D eigenvalue weighted by Crippen LogP contribution is 2.41. The first-order chi connectivity index (χ1) is 21.8. The van der Waals surface area contributed by atoms with E-state index in [2.05, 4.69) is 36.3 Å². The second-order valence-corrected chi connectivity index (χ2v) is 11.8. The molecule has 20 heteroatoms. The van der Waals surface area contributed by atoms with Crippen molar-refractivity contribution in [1.29, 1.82) is 0 Å². The Hall–Kier alpha value is -5.08. The van der Waals surface area contributed by atoms with Crippen LogP contribution in [-0.2, 0) is 24.0 Å². The fourth-order valence-electron chi connectivity index (χ4n) is 4.07. The summed E-state index contributed by atoms with van der Waals surface area (Å²) in [6.45, 7) is 0. The van der Waals surface area contributed by atoms with Crippen LogP contribution in [0.3, 0.4) is 0 Å². The Morgan fingerprint density at radius 3 is 2.76 bits per heavy atom. The number of tetrazole rings is 1. The molecule has 2 aromatic heterocycles. The number of benzene rings is 1. The molecule has 3 aromatic rings. The first-order valence-electron chi connectivity index (χ1n) is 12.7. The van der Waals surface area contributed by atoms with E-state index in [0.29, 0.717) is 22.9 Å². The van der Waals surface area contributed by atoms with Crippen molar-refractivity contribution >= 4 is 82.1 Å². The lowest BCUT2D eigenvalue weighted by Gasteiger charge is -2.49. The molecule has 45 heavy (non-hydrogen) atoms. The Balaban J connectivity index is 1.30. The molecule has 2 atom stereocenters. The number of carbonyl (C=O) groups excluding carboxylic acids is 3. The topological polar surface area (TPSA) is 231 Å². The zero-order valence-corrected chi connectivity index (χ0v) is 25.1. The van der Waals surface area contributed by atoms with Gasteiger partial charge >= 0.3 is 11.9 Å². The molecule has 5 rings (SSSR count). The van der Waals surface area contributed by atoms with Gasteiger partial charge in [-0.2, -0.15) is 4.68 Å². The Bertz CT molecular complexity index is 1720. The molecule has 1 unspecified atom stereocenters. The molecule has 0 saturated carbocycles. The van der Waals surface area contributed by atoms with E-state index < -0.39 is 35.2 Å². The van der Waals surface area contributed by atoms with E-state index in [1.165, 1.54) is 34.1 Å². The summed E-state index contributed by atoms with van der Waals surface area (Å²) in [6.07, 6.45) is 2.94. The van der Waals surface area contributed by atoms with Crippen molar-refractivity contribution < 1.29 is 39.0 Å². The molecule has 2 aliphatic rings. The largest absolute Gasteiger partial charge is 0.481 e. The normalized spacial score (nSPS) is 17.9. The van der Waals surface area contributed by atoms with Crippen molar-refractivity contribution in [2.24, 2.45) is 5.16 Å². The molecule has 0 radical (unpaired) electrons. The summed E-state index contributed by atoms with van der Waals surface area (Å²) in [4.78, 5) is 71.2. The maximum absolute atomic E-state index is 13.4. The van der Waals surface area contributed by atoms with Crippen molar-refractivity contribution in [2.45, 2.75) is 23.0 Å². The summed E-state index contributed by atoms with van der Waals surface area (Å²) in [5, 5.41) is 40.3. The second-order valence-electron chi connectivity index (χ2n) is 8.94. The zero-order chi connectivity index (χ0) is 31.9. The van der Waals surface area contributed by atoms with Crippen molar-refractivity contribution in [2.75, 3.05) is 16.8 Å². The highest BCUT2D eigenvalue weighted by atomic mass is 32.2. The number of β-lactam (4-membered cyclic amide) rings is 1. The predicted octanol–water partition coefficient (Wildman–Crippen LogP) is 0.957. The Labute approximate surface area is 265 Å². The first-order valence-corrected chi connectivity index (χ1v) is 15.6. The van der Waals surface area contributed by atoms with Crippen LogP contribution in [-0.4, -0.2) is 99.1 Å². The van der Waals surface area contributed by atoms with Gasteiger partial charge in [0.25, 0.3) is 11.8 Å². The number of carboxylic acid groups (broad SMARTS) is 2. The van der Waals surface area contributed by atoms with Gasteiger partial charge in [0.15, 0.2) is 16.6 Å². The van der Waals surface area contributed by atoms with Gasteiger partial charge in [0.2, 0.25) is 11.6 Å². The van der Waals surface area contributed by atoms with Gasteiger partial charge in [0.05, 0.1) is 6.42 Å². The smallest absolute Gasteiger partial charge is 0.352 e. The number of amides is 3. The lowest BCUT2D eigenvalue weighted by atomic mass is 10.0. The third kappa shape index (κ3) is 7.19. The number of nitrogens with zero attached hydrogens (tertiary/aromatic N) is 7. The van der Waals surface area contributed by atoms with Gasteiger partial charge in [-0.15, -0.1) is 28.2 Å². The Morgan fingerprint density at radius 1 is 1.22 bits per heavy atom. The summed E-state index contributed by atoms with van der Waals surface area (Å²) in [5.74, 6) is -3.07. The van der Waals surface area contributed by atoms with Crippen LogP contribution in [0.15, 0.2) is 63.4 Å². The monoisotopic (exact) mass is 671 g/mol. The van der Waals surface area contributed by atoms with Crippen molar-refractivity contribution in [3.05, 3.63) is 58.8 Å². The lowest BCUT2D eigenvalue weighted by Crippen LogP contribution is -2.71. The molecular weight excluding hydrogens is 651 g/mol. The number of thioether (sulfide) groups is 2. The minimum Gasteiger partial charge on any atom is -0.481 e. The quantitative estimate of drug-likeness (QED) is 0.0615. The maximum atomic E-state index is 13.4. The fraction of sp³-hybridized carbons (Fsp3) is 0.200. The number of anilines is 1. The summed E-state index contributed by atoms with van der Waals surface area (Å²) < 4.78 is 1.26. The SMILES string of the molecule is O=CNc1nc(C(=NOc2ccccc2)C(=O)NC2C(=O)N3C(C(=O)O)=C(CSc4nnnn4C=CCC(=O)O)CS[C@H]23)cs1. The molecular formula is C25H21N9O8S3. The van der Waals surface area contributed by atoms with Crippen molar-refractivity contribution in [3.63, 3.8) is 0 Å². The number of oxime groups is 1. The van der Waals surface area contributed by atoms with E-state index in [4.69, 9.17) is 9.94 Å². The molecule has 0 bridgehead atoms. The number of carboxylic acids is 2. The second kappa shape index (κ2) is 14.1. The van der Waals surface area contributed by atoms with Crippen LogP contribution in [0.4, 0.5) is 5.13 Å². The predicted molar refractivity (Wildman–Crippen MR) is 161 cm³/mol. The van der Waals surface area contributed by atoms with Crippen LogP contribution < -0.4 is 15.5 Å². The van der Waals surface area contributed by atoms with Gasteiger partial charge in [-0.25, -0.2) is 9.78 Å². The first kappa shape index (κ1) is 31.3. The summed E-state index contributed by atoms with van der Waals surface area (Å²) >= 11 is 3.43. The van der Waals surface area contributed by atoms with Gasteiger partial charge < -0.3 is 25.7 Å². The van der Waals surface area contributed by atoms with Crippen LogP contribution >= 0.6 is 34.9 Å². The molecule has 4 heterocycles. The number of para-hydroxylation sites is 1. The van der Waals surface area contributed by atoms with Gasteiger partial charge in [-0.05, 0) is 28.1 Å². The van der Waals surface area contributed by atoms with Crippen LogP contribution in [0.25, 0.3) is 6.20 Å². The highest BCUT2D eigenvalue weighted by Gasteiger charge is 2.54. The summed E-state index contributed by atoms with van der Waals surface area (Å²) in [5.41, 5.74) is 0.0605. The van der Waals surface area contributed by atoms with Gasteiger partial charge in [0, 0.05) is 23.1 Å². The molecule has 0 aliphatic carbocycles. The number of thiazole rings is 1. The number of aromatic nitrogens is 5.